The SMILES string of the molecule is COc1cccc(Cl)c1CNC(C)(C)CO. The zero-order valence-electron chi connectivity index (χ0n) is 9.88. The maximum absolute atomic E-state index is 9.14. The molecule has 0 atom stereocenters. The van der Waals surface area contributed by atoms with E-state index < -0.39 is 0 Å². The molecular formula is C12H18ClNO2. The van der Waals surface area contributed by atoms with Crippen molar-refractivity contribution in [3.63, 3.8) is 0 Å². The first-order valence-electron chi connectivity index (χ1n) is 5.17. The lowest BCUT2D eigenvalue weighted by Gasteiger charge is -2.24. The minimum Gasteiger partial charge on any atom is -0.496 e. The summed E-state index contributed by atoms with van der Waals surface area (Å²) < 4.78 is 5.24. The molecule has 0 unspecified atom stereocenters. The second-order valence-electron chi connectivity index (χ2n) is 4.32. The van der Waals surface area contributed by atoms with E-state index in [1.54, 1.807) is 7.11 Å². The van der Waals surface area contributed by atoms with Gasteiger partial charge >= 0.3 is 0 Å². The van der Waals surface area contributed by atoms with Crippen LogP contribution in [0.15, 0.2) is 18.2 Å². The number of hydrogen-bond donors (Lipinski definition) is 2. The molecule has 4 heteroatoms. The highest BCUT2D eigenvalue weighted by atomic mass is 35.5. The molecule has 0 aliphatic heterocycles. The monoisotopic (exact) mass is 243 g/mol. The van der Waals surface area contributed by atoms with E-state index in [9.17, 15) is 0 Å². The minimum absolute atomic E-state index is 0.0692. The van der Waals surface area contributed by atoms with Gasteiger partial charge in [0.15, 0.2) is 0 Å². The van der Waals surface area contributed by atoms with Crippen LogP contribution in [0.1, 0.15) is 19.4 Å². The Morgan fingerprint density at radius 1 is 1.44 bits per heavy atom. The van der Waals surface area contributed by atoms with E-state index >= 15 is 0 Å². The van der Waals surface area contributed by atoms with Crippen molar-refractivity contribution >= 4 is 11.6 Å². The first-order valence-corrected chi connectivity index (χ1v) is 5.55. The molecule has 0 amide bonds. The Morgan fingerprint density at radius 3 is 2.69 bits per heavy atom. The number of hydrogen-bond acceptors (Lipinski definition) is 3. The molecule has 0 aliphatic carbocycles. The minimum atomic E-state index is -0.329. The summed E-state index contributed by atoms with van der Waals surface area (Å²) in [6, 6.07) is 5.55. The fourth-order valence-electron chi connectivity index (χ4n) is 1.29. The van der Waals surface area contributed by atoms with Gasteiger partial charge in [0.05, 0.1) is 13.7 Å². The molecule has 3 nitrogen and oxygen atoms in total. The third-order valence-corrected chi connectivity index (χ3v) is 2.79. The van der Waals surface area contributed by atoms with Crippen LogP contribution in [-0.2, 0) is 6.54 Å². The topological polar surface area (TPSA) is 41.5 Å². The highest BCUT2D eigenvalue weighted by Crippen LogP contribution is 2.26. The van der Waals surface area contributed by atoms with Gasteiger partial charge in [-0.1, -0.05) is 17.7 Å². The first-order chi connectivity index (χ1) is 7.50. The van der Waals surface area contributed by atoms with Crippen LogP contribution in [-0.4, -0.2) is 24.4 Å². The lowest BCUT2D eigenvalue weighted by Crippen LogP contribution is -2.42. The van der Waals surface area contributed by atoms with Crippen molar-refractivity contribution < 1.29 is 9.84 Å². The summed E-state index contributed by atoms with van der Waals surface area (Å²) in [4.78, 5) is 0. The van der Waals surface area contributed by atoms with E-state index in [-0.39, 0.29) is 12.1 Å². The molecule has 0 saturated heterocycles. The van der Waals surface area contributed by atoms with Crippen molar-refractivity contribution in [1.29, 1.82) is 0 Å². The van der Waals surface area contributed by atoms with E-state index in [2.05, 4.69) is 5.32 Å². The van der Waals surface area contributed by atoms with Crippen LogP contribution in [0.3, 0.4) is 0 Å². The molecule has 0 aromatic heterocycles. The lowest BCUT2D eigenvalue weighted by molar-refractivity contribution is 0.187. The second kappa shape index (κ2) is 5.53. The van der Waals surface area contributed by atoms with E-state index in [1.807, 2.05) is 32.0 Å². The van der Waals surface area contributed by atoms with E-state index in [4.69, 9.17) is 21.4 Å². The van der Waals surface area contributed by atoms with Crippen LogP contribution in [0.25, 0.3) is 0 Å². The van der Waals surface area contributed by atoms with E-state index in [0.29, 0.717) is 11.6 Å². The van der Waals surface area contributed by atoms with Crippen molar-refractivity contribution in [2.75, 3.05) is 13.7 Å². The molecule has 0 heterocycles. The molecule has 0 spiro atoms. The Morgan fingerprint density at radius 2 is 2.12 bits per heavy atom. The molecular weight excluding hydrogens is 226 g/mol. The summed E-state index contributed by atoms with van der Waals surface area (Å²) in [7, 11) is 1.62. The third kappa shape index (κ3) is 3.37. The molecule has 0 saturated carbocycles. The summed E-state index contributed by atoms with van der Waals surface area (Å²) >= 11 is 6.10. The number of nitrogens with one attached hydrogen (secondary N) is 1. The van der Waals surface area contributed by atoms with Gasteiger partial charge in [-0.3, -0.25) is 0 Å². The maximum Gasteiger partial charge on any atom is 0.124 e. The molecule has 0 aliphatic rings. The van der Waals surface area contributed by atoms with Gasteiger partial charge in [-0.15, -0.1) is 0 Å². The summed E-state index contributed by atoms with van der Waals surface area (Å²) in [5.41, 5.74) is 0.581. The molecule has 1 rings (SSSR count). The summed E-state index contributed by atoms with van der Waals surface area (Å²) in [6.07, 6.45) is 0. The van der Waals surface area contributed by atoms with Gasteiger partial charge in [0, 0.05) is 22.7 Å². The summed E-state index contributed by atoms with van der Waals surface area (Å²) in [5, 5.41) is 13.0. The van der Waals surface area contributed by atoms with Crippen molar-refractivity contribution in [3.05, 3.63) is 28.8 Å². The van der Waals surface area contributed by atoms with Crippen molar-refractivity contribution in [3.8, 4) is 5.75 Å². The largest absolute Gasteiger partial charge is 0.496 e. The molecule has 16 heavy (non-hydrogen) atoms. The predicted octanol–water partition coefficient (Wildman–Crippen LogP) is 2.21. The zero-order valence-corrected chi connectivity index (χ0v) is 10.6. The summed E-state index contributed by atoms with van der Waals surface area (Å²) in [6.45, 7) is 4.49. The Balaban J connectivity index is 2.80. The fraction of sp³-hybridized carbons (Fsp3) is 0.500. The molecule has 0 bridgehead atoms. The predicted molar refractivity (Wildman–Crippen MR) is 66.0 cm³/mol. The van der Waals surface area contributed by atoms with Gasteiger partial charge in [0.25, 0.3) is 0 Å². The van der Waals surface area contributed by atoms with Crippen LogP contribution < -0.4 is 10.1 Å². The average Bonchev–Trinajstić information content (AvgIpc) is 2.27. The molecule has 90 valence electrons. The number of rotatable bonds is 5. The Labute approximate surface area is 101 Å². The Hall–Kier alpha value is -0.770. The number of benzene rings is 1. The fourth-order valence-corrected chi connectivity index (χ4v) is 1.52. The smallest absolute Gasteiger partial charge is 0.124 e. The first kappa shape index (κ1) is 13.3. The number of aliphatic hydroxyl groups excluding tert-OH is 1. The van der Waals surface area contributed by atoms with Gasteiger partial charge in [-0.2, -0.15) is 0 Å². The zero-order chi connectivity index (χ0) is 12.2. The third-order valence-electron chi connectivity index (χ3n) is 2.43. The Kier molecular flexibility index (Phi) is 4.59. The van der Waals surface area contributed by atoms with Crippen molar-refractivity contribution in [2.24, 2.45) is 0 Å². The van der Waals surface area contributed by atoms with Crippen LogP contribution in [0.4, 0.5) is 0 Å². The van der Waals surface area contributed by atoms with Crippen LogP contribution >= 0.6 is 11.6 Å². The maximum atomic E-state index is 9.14. The van der Waals surface area contributed by atoms with Gasteiger partial charge < -0.3 is 15.2 Å². The van der Waals surface area contributed by atoms with Gasteiger partial charge in [-0.05, 0) is 26.0 Å². The van der Waals surface area contributed by atoms with Crippen LogP contribution in [0.2, 0.25) is 5.02 Å². The van der Waals surface area contributed by atoms with Crippen LogP contribution in [0.5, 0.6) is 5.75 Å². The highest BCUT2D eigenvalue weighted by Gasteiger charge is 2.17. The van der Waals surface area contributed by atoms with Crippen molar-refractivity contribution in [2.45, 2.75) is 25.9 Å². The van der Waals surface area contributed by atoms with Gasteiger partial charge in [0.1, 0.15) is 5.75 Å². The lowest BCUT2D eigenvalue weighted by atomic mass is 10.1. The molecule has 0 radical (unpaired) electrons. The second-order valence-corrected chi connectivity index (χ2v) is 4.72. The standard InChI is InChI=1S/C12H18ClNO2/c1-12(2,8-15)14-7-9-10(13)5-4-6-11(9)16-3/h4-6,14-15H,7-8H2,1-3H3. The van der Waals surface area contributed by atoms with E-state index in [1.165, 1.54) is 0 Å². The van der Waals surface area contributed by atoms with E-state index in [0.717, 1.165) is 11.3 Å². The number of methoxy groups -OCH3 is 1. The quantitative estimate of drug-likeness (QED) is 0.833. The number of ether oxygens (including phenoxy) is 1. The normalized spacial score (nSPS) is 11.6. The average molecular weight is 244 g/mol. The molecule has 2 N–H and O–H groups in total. The van der Waals surface area contributed by atoms with Gasteiger partial charge in [-0.25, -0.2) is 0 Å². The molecule has 1 aromatic carbocycles. The highest BCUT2D eigenvalue weighted by molar-refractivity contribution is 6.31. The van der Waals surface area contributed by atoms with Crippen LogP contribution in [0, 0.1) is 0 Å². The molecule has 1 aromatic rings. The van der Waals surface area contributed by atoms with Crippen molar-refractivity contribution in [1.82, 2.24) is 5.32 Å². The molecule has 0 fully saturated rings. The Bertz CT molecular complexity index is 353. The number of aliphatic hydroxyl groups is 1. The summed E-state index contributed by atoms with van der Waals surface area (Å²) in [5.74, 6) is 0.758. The van der Waals surface area contributed by atoms with Gasteiger partial charge in [0.2, 0.25) is 0 Å². The number of halogens is 1.